The van der Waals surface area contributed by atoms with Crippen molar-refractivity contribution in [2.45, 2.75) is 6.10 Å². The monoisotopic (exact) mass is 478 g/mol. The third-order valence-electron chi connectivity index (χ3n) is 6.65. The van der Waals surface area contributed by atoms with Crippen molar-refractivity contribution in [3.8, 4) is 11.4 Å². The third kappa shape index (κ3) is 3.18. The van der Waals surface area contributed by atoms with Gasteiger partial charge in [-0.3, -0.25) is 14.5 Å². The molecule has 10 heteroatoms. The van der Waals surface area contributed by atoms with Crippen LogP contribution < -0.4 is 20.5 Å². The number of pyridine rings is 1. The molecule has 0 radical (unpaired) electrons. The minimum Gasteiger partial charge on any atom is -0.485 e. The van der Waals surface area contributed by atoms with E-state index in [1.807, 2.05) is 54.7 Å². The van der Waals surface area contributed by atoms with Gasteiger partial charge in [-0.05, 0) is 35.7 Å². The predicted molar refractivity (Wildman–Crippen MR) is 139 cm³/mol. The Hall–Kier alpha value is -4.86. The molecule has 4 aromatic heterocycles. The van der Waals surface area contributed by atoms with Crippen LogP contribution in [0.4, 0.5) is 11.6 Å². The van der Waals surface area contributed by atoms with Crippen LogP contribution in [-0.2, 0) is 0 Å². The zero-order chi connectivity index (χ0) is 24.2. The first-order valence-electron chi connectivity index (χ1n) is 11.7. The van der Waals surface area contributed by atoms with Crippen LogP contribution in [0.1, 0.15) is 0 Å². The van der Waals surface area contributed by atoms with E-state index in [9.17, 15) is 4.79 Å². The SMILES string of the molecule is CN1CC(CNc2ncc3c4[nH]ncc4c(=O)n(-c4ccc5cc[nH]c5c4)c3n2)Oc2ccccc21. The lowest BCUT2D eigenvalue weighted by atomic mass is 10.2. The van der Waals surface area contributed by atoms with Gasteiger partial charge < -0.3 is 19.9 Å². The highest BCUT2D eigenvalue weighted by atomic mass is 16.5. The van der Waals surface area contributed by atoms with Crippen LogP contribution in [0.15, 0.2) is 71.9 Å². The number of para-hydroxylation sites is 2. The van der Waals surface area contributed by atoms with E-state index in [0.29, 0.717) is 40.1 Å². The van der Waals surface area contributed by atoms with E-state index >= 15 is 0 Å². The molecule has 36 heavy (non-hydrogen) atoms. The van der Waals surface area contributed by atoms with Crippen LogP contribution in [0.5, 0.6) is 5.75 Å². The van der Waals surface area contributed by atoms with Gasteiger partial charge in [0.25, 0.3) is 5.56 Å². The number of aromatic amines is 2. The van der Waals surface area contributed by atoms with Crippen molar-refractivity contribution < 1.29 is 4.74 Å². The van der Waals surface area contributed by atoms with Crippen LogP contribution in [0.3, 0.4) is 0 Å². The van der Waals surface area contributed by atoms with Crippen LogP contribution in [0, 0.1) is 0 Å². The lowest BCUT2D eigenvalue weighted by Gasteiger charge is -2.33. The maximum absolute atomic E-state index is 13.5. The van der Waals surface area contributed by atoms with E-state index in [-0.39, 0.29) is 11.7 Å². The number of ether oxygens (including phenoxy) is 1. The molecule has 5 heterocycles. The summed E-state index contributed by atoms with van der Waals surface area (Å²) in [7, 11) is 2.05. The van der Waals surface area contributed by atoms with E-state index in [4.69, 9.17) is 9.72 Å². The molecule has 2 aromatic carbocycles. The van der Waals surface area contributed by atoms with Crippen LogP contribution in [0.25, 0.3) is 38.5 Å². The summed E-state index contributed by atoms with van der Waals surface area (Å²) in [4.78, 5) is 28.2. The van der Waals surface area contributed by atoms with Gasteiger partial charge in [-0.1, -0.05) is 18.2 Å². The molecule has 6 aromatic rings. The number of rotatable bonds is 4. The van der Waals surface area contributed by atoms with Gasteiger partial charge in [0.1, 0.15) is 11.9 Å². The Labute approximate surface area is 204 Å². The van der Waals surface area contributed by atoms with Crippen molar-refractivity contribution in [2.75, 3.05) is 30.4 Å². The van der Waals surface area contributed by atoms with Gasteiger partial charge in [-0.15, -0.1) is 0 Å². The van der Waals surface area contributed by atoms with E-state index in [2.05, 4.69) is 37.4 Å². The minimum absolute atomic E-state index is 0.0863. The van der Waals surface area contributed by atoms with Crippen molar-refractivity contribution in [3.63, 3.8) is 0 Å². The van der Waals surface area contributed by atoms with Crippen LogP contribution in [0.2, 0.25) is 0 Å². The molecular formula is C26H22N8O2. The van der Waals surface area contributed by atoms with E-state index in [0.717, 1.165) is 28.9 Å². The molecule has 0 saturated heterocycles. The lowest BCUT2D eigenvalue weighted by Crippen LogP contribution is -2.41. The Kier molecular flexibility index (Phi) is 4.47. The molecule has 0 amide bonds. The standard InChI is InChI=1S/C26H22N8O2/c1-33-14-17(36-22-5-3-2-4-21(22)33)11-28-26-29-12-18-23-19(13-30-32-23)25(35)34(24(18)31-26)16-7-6-15-8-9-27-20(15)10-16/h2-10,12-13,17,27H,11,14H2,1H3,(H,30,32)(H,28,29,31). The lowest BCUT2D eigenvalue weighted by molar-refractivity contribution is 0.208. The molecular weight excluding hydrogens is 456 g/mol. The summed E-state index contributed by atoms with van der Waals surface area (Å²) in [5.74, 6) is 1.27. The average molecular weight is 479 g/mol. The Bertz CT molecular complexity index is 1820. The predicted octanol–water partition coefficient (Wildman–Crippen LogP) is 3.45. The summed E-state index contributed by atoms with van der Waals surface area (Å²) >= 11 is 0. The fourth-order valence-corrected chi connectivity index (χ4v) is 4.89. The summed E-state index contributed by atoms with van der Waals surface area (Å²) in [6.45, 7) is 1.24. The molecule has 1 unspecified atom stereocenters. The number of anilines is 2. The summed E-state index contributed by atoms with van der Waals surface area (Å²) < 4.78 is 7.79. The normalized spacial score (nSPS) is 15.4. The molecule has 0 spiro atoms. The number of likely N-dealkylation sites (N-methyl/N-ethyl adjacent to an activating group) is 1. The van der Waals surface area contributed by atoms with Crippen LogP contribution >= 0.6 is 0 Å². The number of aromatic nitrogens is 6. The highest BCUT2D eigenvalue weighted by Gasteiger charge is 2.23. The number of fused-ring (bicyclic) bond motifs is 5. The summed E-state index contributed by atoms with van der Waals surface area (Å²) in [5.41, 5.74) is 3.63. The Balaban J connectivity index is 1.28. The van der Waals surface area contributed by atoms with Crippen LogP contribution in [-0.4, -0.2) is 56.0 Å². The van der Waals surface area contributed by atoms with Crippen molar-refractivity contribution >= 4 is 44.5 Å². The maximum atomic E-state index is 13.5. The van der Waals surface area contributed by atoms with E-state index in [1.54, 1.807) is 17.0 Å². The average Bonchev–Trinajstić information content (AvgIpc) is 3.57. The number of hydrogen-bond donors (Lipinski definition) is 3. The molecule has 1 atom stereocenters. The molecule has 0 aliphatic carbocycles. The van der Waals surface area contributed by atoms with Crippen molar-refractivity contribution in [1.82, 2.24) is 29.7 Å². The second-order valence-corrected chi connectivity index (χ2v) is 8.95. The van der Waals surface area contributed by atoms with Gasteiger partial charge in [0.05, 0.1) is 47.0 Å². The summed E-state index contributed by atoms with van der Waals surface area (Å²) in [5, 5.41) is 12.6. The molecule has 1 aliphatic rings. The Morgan fingerprint density at radius 1 is 1.14 bits per heavy atom. The highest BCUT2D eigenvalue weighted by Crippen LogP contribution is 2.32. The number of hydrogen-bond acceptors (Lipinski definition) is 7. The molecule has 1 aliphatic heterocycles. The van der Waals surface area contributed by atoms with Gasteiger partial charge in [0, 0.05) is 25.0 Å². The van der Waals surface area contributed by atoms with Gasteiger partial charge in [-0.2, -0.15) is 10.1 Å². The molecule has 0 saturated carbocycles. The molecule has 3 N–H and O–H groups in total. The molecule has 0 fully saturated rings. The van der Waals surface area contributed by atoms with E-state index in [1.165, 1.54) is 0 Å². The largest absolute Gasteiger partial charge is 0.485 e. The Morgan fingerprint density at radius 3 is 3.00 bits per heavy atom. The smallest absolute Gasteiger partial charge is 0.267 e. The van der Waals surface area contributed by atoms with Gasteiger partial charge in [0.2, 0.25) is 5.95 Å². The zero-order valence-electron chi connectivity index (χ0n) is 19.4. The number of nitrogens with one attached hydrogen (secondary N) is 3. The maximum Gasteiger partial charge on any atom is 0.267 e. The number of H-pyrrole nitrogens is 2. The first kappa shape index (κ1) is 20.5. The zero-order valence-corrected chi connectivity index (χ0v) is 19.4. The van der Waals surface area contributed by atoms with Gasteiger partial charge in [-0.25, -0.2) is 4.98 Å². The third-order valence-corrected chi connectivity index (χ3v) is 6.65. The number of nitrogens with zero attached hydrogens (tertiary/aromatic N) is 5. The van der Waals surface area contributed by atoms with Crippen molar-refractivity contribution in [2.24, 2.45) is 0 Å². The van der Waals surface area contributed by atoms with Crippen molar-refractivity contribution in [1.29, 1.82) is 0 Å². The molecule has 7 rings (SSSR count). The topological polar surface area (TPSA) is 117 Å². The first-order valence-corrected chi connectivity index (χ1v) is 11.7. The second kappa shape index (κ2) is 7.84. The second-order valence-electron chi connectivity index (χ2n) is 8.95. The fraction of sp³-hybridized carbons (Fsp3) is 0.154. The van der Waals surface area contributed by atoms with Gasteiger partial charge >= 0.3 is 0 Å². The quantitative estimate of drug-likeness (QED) is 0.355. The number of benzene rings is 2. The molecule has 0 bridgehead atoms. The molecule has 178 valence electrons. The molecule has 10 nitrogen and oxygen atoms in total. The van der Waals surface area contributed by atoms with Crippen molar-refractivity contribution in [3.05, 3.63) is 77.5 Å². The van der Waals surface area contributed by atoms with E-state index < -0.39 is 0 Å². The van der Waals surface area contributed by atoms with Gasteiger partial charge in [0.15, 0.2) is 5.65 Å². The minimum atomic E-state index is -0.198. The first-order chi connectivity index (χ1) is 17.7. The highest BCUT2D eigenvalue weighted by molar-refractivity contribution is 6.02. The summed E-state index contributed by atoms with van der Waals surface area (Å²) in [6, 6.07) is 15.8. The summed E-state index contributed by atoms with van der Waals surface area (Å²) in [6.07, 6.45) is 5.05. The Morgan fingerprint density at radius 2 is 2.06 bits per heavy atom. The fourth-order valence-electron chi connectivity index (χ4n) is 4.89.